The first-order valence-electron chi connectivity index (χ1n) is 8.73. The smallest absolute Gasteiger partial charge is 0.244 e. The van der Waals surface area contributed by atoms with Gasteiger partial charge in [-0.15, -0.1) is 0 Å². The Kier molecular flexibility index (Phi) is 6.08. The molecule has 1 aliphatic heterocycles. The second-order valence-electron chi connectivity index (χ2n) is 6.28. The molecule has 0 bridgehead atoms. The number of rotatable bonds is 6. The van der Waals surface area contributed by atoms with E-state index in [1.165, 1.54) is 4.90 Å². The van der Waals surface area contributed by atoms with Crippen molar-refractivity contribution in [1.82, 2.24) is 5.32 Å². The summed E-state index contributed by atoms with van der Waals surface area (Å²) in [6.07, 6.45) is 0.791. The van der Waals surface area contributed by atoms with E-state index < -0.39 is 0 Å². The van der Waals surface area contributed by atoms with Gasteiger partial charge in [0.2, 0.25) is 17.7 Å². The molecule has 3 rings (SSSR count). The molecule has 7 heteroatoms. The van der Waals surface area contributed by atoms with E-state index in [2.05, 4.69) is 10.6 Å². The molecule has 27 heavy (non-hydrogen) atoms. The van der Waals surface area contributed by atoms with E-state index in [-0.39, 0.29) is 37.1 Å². The number of fused-ring (bicyclic) bond motifs is 1. The average molecular weight is 386 g/mol. The first kappa shape index (κ1) is 18.9. The summed E-state index contributed by atoms with van der Waals surface area (Å²) in [5, 5.41) is 6.20. The van der Waals surface area contributed by atoms with Gasteiger partial charge in [-0.3, -0.25) is 14.4 Å². The molecule has 0 atom stereocenters. The minimum Gasteiger partial charge on any atom is -0.356 e. The Labute approximate surface area is 162 Å². The minimum absolute atomic E-state index is 0.0355. The van der Waals surface area contributed by atoms with Gasteiger partial charge in [0.05, 0.1) is 11.4 Å². The predicted molar refractivity (Wildman–Crippen MR) is 105 cm³/mol. The van der Waals surface area contributed by atoms with Crippen LogP contribution in [-0.4, -0.2) is 30.8 Å². The van der Waals surface area contributed by atoms with E-state index in [9.17, 15) is 14.4 Å². The first-order chi connectivity index (χ1) is 13.0. The number of hydrogen-bond donors (Lipinski definition) is 2. The fourth-order valence-corrected chi connectivity index (χ4v) is 3.15. The third-order valence-electron chi connectivity index (χ3n) is 4.26. The summed E-state index contributed by atoms with van der Waals surface area (Å²) in [5.74, 6) is -0.685. The Morgan fingerprint density at radius 1 is 1.11 bits per heavy atom. The highest BCUT2D eigenvalue weighted by Crippen LogP contribution is 2.29. The average Bonchev–Trinajstić information content (AvgIpc) is 2.65. The van der Waals surface area contributed by atoms with Crippen molar-refractivity contribution >= 4 is 40.7 Å². The molecular formula is C20H20ClN3O3. The zero-order valence-electron chi connectivity index (χ0n) is 14.7. The summed E-state index contributed by atoms with van der Waals surface area (Å²) in [6, 6.07) is 14.6. The number of benzene rings is 2. The summed E-state index contributed by atoms with van der Waals surface area (Å²) in [6.45, 7) is 0.439. The molecule has 1 heterocycles. The highest BCUT2D eigenvalue weighted by Gasteiger charge is 2.26. The lowest BCUT2D eigenvalue weighted by atomic mass is 10.1. The van der Waals surface area contributed by atoms with Crippen LogP contribution < -0.4 is 15.5 Å². The number of halogens is 1. The molecule has 0 unspecified atom stereocenters. The summed E-state index contributed by atoms with van der Waals surface area (Å²) < 4.78 is 0. The zero-order chi connectivity index (χ0) is 19.2. The molecule has 3 amide bonds. The highest BCUT2D eigenvalue weighted by molar-refractivity contribution is 6.30. The van der Waals surface area contributed by atoms with Crippen molar-refractivity contribution in [1.29, 1.82) is 0 Å². The molecule has 2 aromatic rings. The van der Waals surface area contributed by atoms with Gasteiger partial charge in [-0.1, -0.05) is 35.9 Å². The molecule has 0 aliphatic carbocycles. The van der Waals surface area contributed by atoms with Gasteiger partial charge in [-0.05, 0) is 36.2 Å². The van der Waals surface area contributed by atoms with Crippen LogP contribution in [0.4, 0.5) is 11.4 Å². The number of amides is 3. The van der Waals surface area contributed by atoms with Crippen LogP contribution in [0.15, 0.2) is 48.5 Å². The van der Waals surface area contributed by atoms with Crippen LogP contribution in [-0.2, 0) is 20.8 Å². The summed E-state index contributed by atoms with van der Waals surface area (Å²) in [4.78, 5) is 37.7. The third kappa shape index (κ3) is 5.08. The highest BCUT2D eigenvalue weighted by atomic mass is 35.5. The Morgan fingerprint density at radius 2 is 1.93 bits per heavy atom. The lowest BCUT2D eigenvalue weighted by Crippen LogP contribution is -2.42. The van der Waals surface area contributed by atoms with Crippen LogP contribution in [0.5, 0.6) is 0 Å². The molecule has 2 N–H and O–H groups in total. The van der Waals surface area contributed by atoms with Crippen molar-refractivity contribution in [2.75, 3.05) is 23.3 Å². The SMILES string of the molecule is O=C(CCC(=O)N1CC(=O)Nc2ccccc21)NCCc1cccc(Cl)c1. The van der Waals surface area contributed by atoms with Gasteiger partial charge < -0.3 is 15.5 Å². The molecule has 0 fully saturated rings. The van der Waals surface area contributed by atoms with Gasteiger partial charge in [-0.2, -0.15) is 0 Å². The molecule has 140 valence electrons. The van der Waals surface area contributed by atoms with E-state index in [0.29, 0.717) is 29.4 Å². The van der Waals surface area contributed by atoms with Crippen molar-refractivity contribution < 1.29 is 14.4 Å². The number of anilines is 2. The maximum atomic E-state index is 12.5. The van der Waals surface area contributed by atoms with E-state index >= 15 is 0 Å². The van der Waals surface area contributed by atoms with Crippen LogP contribution in [0.1, 0.15) is 18.4 Å². The van der Waals surface area contributed by atoms with Crippen molar-refractivity contribution in [3.05, 3.63) is 59.1 Å². The van der Waals surface area contributed by atoms with Crippen molar-refractivity contribution in [2.24, 2.45) is 0 Å². The van der Waals surface area contributed by atoms with Gasteiger partial charge in [-0.25, -0.2) is 0 Å². The van der Waals surface area contributed by atoms with Gasteiger partial charge in [0.15, 0.2) is 0 Å². The largest absolute Gasteiger partial charge is 0.356 e. The number of hydrogen-bond acceptors (Lipinski definition) is 3. The minimum atomic E-state index is -0.248. The number of carbonyl (C=O) groups is 3. The second kappa shape index (κ2) is 8.68. The van der Waals surface area contributed by atoms with E-state index in [4.69, 9.17) is 11.6 Å². The lowest BCUT2D eigenvalue weighted by molar-refractivity contribution is -0.125. The summed E-state index contributed by atoms with van der Waals surface area (Å²) in [5.41, 5.74) is 2.30. The molecule has 0 radical (unpaired) electrons. The van der Waals surface area contributed by atoms with Crippen molar-refractivity contribution in [3.63, 3.8) is 0 Å². The molecule has 6 nitrogen and oxygen atoms in total. The van der Waals surface area contributed by atoms with Gasteiger partial charge >= 0.3 is 0 Å². The fraction of sp³-hybridized carbons (Fsp3) is 0.250. The molecule has 2 aromatic carbocycles. The van der Waals surface area contributed by atoms with Crippen LogP contribution in [0.2, 0.25) is 5.02 Å². The van der Waals surface area contributed by atoms with Crippen LogP contribution in [0.25, 0.3) is 0 Å². The second-order valence-corrected chi connectivity index (χ2v) is 6.71. The van der Waals surface area contributed by atoms with Gasteiger partial charge in [0.1, 0.15) is 6.54 Å². The third-order valence-corrected chi connectivity index (χ3v) is 4.50. The standard InChI is InChI=1S/C20H20ClN3O3/c21-15-5-3-4-14(12-15)10-11-22-18(25)8-9-20(27)24-13-19(26)23-16-6-1-2-7-17(16)24/h1-7,12H,8-11,13H2,(H,22,25)(H,23,26). The quantitative estimate of drug-likeness (QED) is 0.802. The maximum absolute atomic E-state index is 12.5. The normalized spacial score (nSPS) is 12.9. The van der Waals surface area contributed by atoms with Crippen LogP contribution >= 0.6 is 11.6 Å². The fourth-order valence-electron chi connectivity index (χ4n) is 2.94. The lowest BCUT2D eigenvalue weighted by Gasteiger charge is -2.29. The Bertz CT molecular complexity index is 869. The Balaban J connectivity index is 1.47. The number of nitrogens with one attached hydrogen (secondary N) is 2. The zero-order valence-corrected chi connectivity index (χ0v) is 15.5. The van der Waals surface area contributed by atoms with Crippen molar-refractivity contribution in [2.45, 2.75) is 19.3 Å². The predicted octanol–water partition coefficient (Wildman–Crippen LogP) is 2.76. The first-order valence-corrected chi connectivity index (χ1v) is 9.11. The molecule has 0 aromatic heterocycles. The number of carbonyl (C=O) groups excluding carboxylic acids is 3. The summed E-state index contributed by atoms with van der Waals surface area (Å²) in [7, 11) is 0. The monoisotopic (exact) mass is 385 g/mol. The molecule has 0 saturated carbocycles. The number of para-hydroxylation sites is 2. The van der Waals surface area contributed by atoms with Crippen molar-refractivity contribution in [3.8, 4) is 0 Å². The topological polar surface area (TPSA) is 78.5 Å². The van der Waals surface area contributed by atoms with E-state index in [1.54, 1.807) is 30.3 Å². The van der Waals surface area contributed by atoms with E-state index in [1.807, 2.05) is 18.2 Å². The maximum Gasteiger partial charge on any atom is 0.244 e. The van der Waals surface area contributed by atoms with Crippen LogP contribution in [0, 0.1) is 0 Å². The van der Waals surface area contributed by atoms with E-state index in [0.717, 1.165) is 5.56 Å². The Morgan fingerprint density at radius 3 is 2.74 bits per heavy atom. The van der Waals surface area contributed by atoms with Crippen LogP contribution in [0.3, 0.4) is 0 Å². The molecule has 0 spiro atoms. The summed E-state index contributed by atoms with van der Waals surface area (Å²) >= 11 is 5.93. The molecular weight excluding hydrogens is 366 g/mol. The van der Waals surface area contributed by atoms with Gasteiger partial charge in [0, 0.05) is 24.4 Å². The number of nitrogens with zero attached hydrogens (tertiary/aromatic N) is 1. The van der Waals surface area contributed by atoms with Gasteiger partial charge in [0.25, 0.3) is 0 Å². The molecule has 1 aliphatic rings. The molecule has 0 saturated heterocycles. The Hall–Kier alpha value is -2.86.